The number of hydrogen-bond donors (Lipinski definition) is 1. The minimum Gasteiger partial charge on any atom is -0.497 e. The number of rotatable bonds is 5. The van der Waals surface area contributed by atoms with E-state index in [-0.39, 0.29) is 17.8 Å². The van der Waals surface area contributed by atoms with Crippen molar-refractivity contribution in [1.82, 2.24) is 4.90 Å². The quantitative estimate of drug-likeness (QED) is 0.783. The lowest BCUT2D eigenvalue weighted by Gasteiger charge is -2.14. The van der Waals surface area contributed by atoms with Crippen molar-refractivity contribution in [2.45, 2.75) is 0 Å². The van der Waals surface area contributed by atoms with Crippen LogP contribution in [0.3, 0.4) is 0 Å². The lowest BCUT2D eigenvalue weighted by Crippen LogP contribution is -2.33. The maximum atomic E-state index is 12.5. The zero-order chi connectivity index (χ0) is 17.8. The summed E-state index contributed by atoms with van der Waals surface area (Å²) in [5, 5.41) is 3.27. The first kappa shape index (κ1) is 17.4. The van der Waals surface area contributed by atoms with Crippen molar-refractivity contribution < 1.29 is 14.3 Å². The molecule has 0 aliphatic carbocycles. The summed E-state index contributed by atoms with van der Waals surface area (Å²) in [6, 6.07) is 14.4. The van der Waals surface area contributed by atoms with Crippen LogP contribution < -0.4 is 10.1 Å². The summed E-state index contributed by atoms with van der Waals surface area (Å²) < 4.78 is 5.15. The Bertz CT molecular complexity index is 854. The van der Waals surface area contributed by atoms with E-state index in [2.05, 4.69) is 5.32 Å². The van der Waals surface area contributed by atoms with E-state index < -0.39 is 0 Å². The molecular weight excluding hydrogens is 360 g/mol. The molecule has 0 unspecified atom stereocenters. The molecule has 0 radical (unpaired) electrons. The molecule has 1 N–H and O–H groups in total. The molecule has 0 atom stereocenters. The van der Waals surface area contributed by atoms with Crippen molar-refractivity contribution in [3.8, 4) is 5.75 Å². The highest BCUT2D eigenvalue weighted by molar-refractivity contribution is 8.18. The van der Waals surface area contributed by atoms with Crippen LogP contribution in [0.15, 0.2) is 53.4 Å². The van der Waals surface area contributed by atoms with Gasteiger partial charge in [0.25, 0.3) is 11.1 Å². The number of methoxy groups -OCH3 is 1. The second-order valence-corrected chi connectivity index (χ2v) is 6.60. The zero-order valence-electron chi connectivity index (χ0n) is 13.4. The summed E-state index contributed by atoms with van der Waals surface area (Å²) in [5.74, 6) is 0.350. The molecule has 2 aromatic rings. The highest BCUT2D eigenvalue weighted by Crippen LogP contribution is 2.33. The molecule has 0 bridgehead atoms. The molecule has 1 fully saturated rings. The Labute approximate surface area is 154 Å². The van der Waals surface area contributed by atoms with E-state index in [1.807, 2.05) is 30.3 Å². The van der Waals surface area contributed by atoms with E-state index in [0.29, 0.717) is 21.2 Å². The summed E-state index contributed by atoms with van der Waals surface area (Å²) in [5.41, 5.74) is 1.46. The van der Waals surface area contributed by atoms with Gasteiger partial charge in [0.2, 0.25) is 0 Å². The summed E-state index contributed by atoms with van der Waals surface area (Å²) >= 11 is 7.01. The highest BCUT2D eigenvalue weighted by atomic mass is 35.5. The Morgan fingerprint density at radius 2 is 2.00 bits per heavy atom. The van der Waals surface area contributed by atoms with Crippen LogP contribution >= 0.6 is 23.4 Å². The van der Waals surface area contributed by atoms with Crippen molar-refractivity contribution in [3.05, 3.63) is 64.0 Å². The summed E-state index contributed by atoms with van der Waals surface area (Å²) in [6.07, 6.45) is 1.64. The van der Waals surface area contributed by atoms with Gasteiger partial charge in [-0.25, -0.2) is 0 Å². The minimum absolute atomic E-state index is 0.0810. The second-order valence-electron chi connectivity index (χ2n) is 5.20. The van der Waals surface area contributed by atoms with Crippen LogP contribution in [0.1, 0.15) is 5.56 Å². The lowest BCUT2D eigenvalue weighted by atomic mass is 10.2. The normalized spacial score (nSPS) is 15.8. The van der Waals surface area contributed by atoms with Gasteiger partial charge in [-0.15, -0.1) is 0 Å². The zero-order valence-corrected chi connectivity index (χ0v) is 14.9. The number of carbonyl (C=O) groups excluding carboxylic acids is 2. The number of nitrogens with zero attached hydrogens (tertiary/aromatic N) is 1. The Morgan fingerprint density at radius 1 is 1.20 bits per heavy atom. The molecule has 128 valence electrons. The van der Waals surface area contributed by atoms with Crippen LogP contribution in [-0.2, 0) is 4.79 Å². The van der Waals surface area contributed by atoms with Crippen LogP contribution in [0.5, 0.6) is 5.75 Å². The van der Waals surface area contributed by atoms with E-state index >= 15 is 0 Å². The summed E-state index contributed by atoms with van der Waals surface area (Å²) in [6.45, 7) is 0.0810. The average molecular weight is 375 g/mol. The molecule has 0 aromatic heterocycles. The van der Waals surface area contributed by atoms with Crippen LogP contribution in [-0.4, -0.2) is 29.8 Å². The Balaban J connectivity index is 1.72. The minimum atomic E-state index is -0.342. The number of imide groups is 1. The highest BCUT2D eigenvalue weighted by Gasteiger charge is 2.34. The molecule has 2 aromatic carbocycles. The predicted molar refractivity (Wildman–Crippen MR) is 101 cm³/mol. The largest absolute Gasteiger partial charge is 0.497 e. The van der Waals surface area contributed by atoms with E-state index in [1.165, 1.54) is 0 Å². The number of nitrogens with one attached hydrogen (secondary N) is 1. The molecule has 1 heterocycles. The van der Waals surface area contributed by atoms with Crippen molar-refractivity contribution in [1.29, 1.82) is 0 Å². The molecule has 1 saturated heterocycles. The third-order valence-electron chi connectivity index (χ3n) is 3.58. The number of benzene rings is 2. The fraction of sp³-hybridized carbons (Fsp3) is 0.111. The molecule has 3 rings (SSSR count). The van der Waals surface area contributed by atoms with E-state index in [1.54, 1.807) is 31.4 Å². The van der Waals surface area contributed by atoms with Gasteiger partial charge in [-0.3, -0.25) is 14.5 Å². The van der Waals surface area contributed by atoms with Gasteiger partial charge in [-0.1, -0.05) is 35.9 Å². The molecule has 7 heteroatoms. The van der Waals surface area contributed by atoms with Gasteiger partial charge in [0, 0.05) is 16.8 Å². The fourth-order valence-electron chi connectivity index (χ4n) is 2.27. The molecule has 5 nitrogen and oxygen atoms in total. The Hall–Kier alpha value is -2.44. The number of hydrogen-bond acceptors (Lipinski definition) is 5. The Morgan fingerprint density at radius 3 is 2.76 bits per heavy atom. The summed E-state index contributed by atoms with van der Waals surface area (Å²) in [4.78, 5) is 26.1. The topological polar surface area (TPSA) is 58.6 Å². The van der Waals surface area contributed by atoms with Crippen LogP contribution in [0, 0.1) is 0 Å². The monoisotopic (exact) mass is 374 g/mol. The van der Waals surface area contributed by atoms with Crippen LogP contribution in [0.4, 0.5) is 10.5 Å². The van der Waals surface area contributed by atoms with E-state index in [0.717, 1.165) is 22.3 Å². The summed E-state index contributed by atoms with van der Waals surface area (Å²) in [7, 11) is 1.58. The van der Waals surface area contributed by atoms with Crippen LogP contribution in [0.2, 0.25) is 5.02 Å². The van der Waals surface area contributed by atoms with Gasteiger partial charge < -0.3 is 10.1 Å². The molecule has 0 spiro atoms. The van der Waals surface area contributed by atoms with Gasteiger partial charge in [0.05, 0.1) is 18.7 Å². The van der Waals surface area contributed by atoms with Crippen molar-refractivity contribution in [3.63, 3.8) is 0 Å². The third-order valence-corrected chi connectivity index (χ3v) is 4.83. The first-order chi connectivity index (χ1) is 12.1. The fourth-order valence-corrected chi connectivity index (χ4v) is 3.29. The van der Waals surface area contributed by atoms with Gasteiger partial charge in [0.15, 0.2) is 0 Å². The number of anilines is 1. The van der Waals surface area contributed by atoms with Crippen molar-refractivity contribution in [2.75, 3.05) is 19.1 Å². The molecule has 1 aliphatic heterocycles. The van der Waals surface area contributed by atoms with Gasteiger partial charge in [-0.2, -0.15) is 0 Å². The average Bonchev–Trinajstić information content (AvgIpc) is 2.89. The number of thioether (sulfide) groups is 1. The van der Waals surface area contributed by atoms with E-state index in [4.69, 9.17) is 16.3 Å². The maximum absolute atomic E-state index is 12.5. The Kier molecular flexibility index (Phi) is 5.31. The standard InChI is InChI=1S/C18H15ClN2O3S/c1-24-14-7-4-6-13(10-14)20-11-21-17(22)16(25-18(21)23)9-12-5-2-3-8-15(12)19/h2-10,20H,11H2,1H3/b16-9+. The molecule has 2 amide bonds. The predicted octanol–water partition coefficient (Wildman–Crippen LogP) is 4.45. The maximum Gasteiger partial charge on any atom is 0.295 e. The van der Waals surface area contributed by atoms with Gasteiger partial charge in [-0.05, 0) is 41.6 Å². The second kappa shape index (κ2) is 7.63. The first-order valence-electron chi connectivity index (χ1n) is 7.46. The number of ether oxygens (including phenoxy) is 1. The van der Waals surface area contributed by atoms with E-state index in [9.17, 15) is 9.59 Å². The van der Waals surface area contributed by atoms with Crippen molar-refractivity contribution in [2.24, 2.45) is 0 Å². The third kappa shape index (κ3) is 3.97. The number of amides is 2. The SMILES string of the molecule is COc1cccc(NCN2C(=O)S/C(=C/c3ccccc3Cl)C2=O)c1. The van der Waals surface area contributed by atoms with Crippen LogP contribution in [0.25, 0.3) is 6.08 Å². The first-order valence-corrected chi connectivity index (χ1v) is 8.66. The molecule has 0 saturated carbocycles. The number of halogens is 1. The smallest absolute Gasteiger partial charge is 0.295 e. The van der Waals surface area contributed by atoms with Crippen molar-refractivity contribution >= 4 is 46.3 Å². The molecular formula is C18H15ClN2O3S. The number of carbonyl (C=O) groups is 2. The van der Waals surface area contributed by atoms with Gasteiger partial charge in [0.1, 0.15) is 5.75 Å². The molecule has 1 aliphatic rings. The van der Waals surface area contributed by atoms with Gasteiger partial charge >= 0.3 is 0 Å². The lowest BCUT2D eigenvalue weighted by molar-refractivity contribution is -0.122. The molecule has 25 heavy (non-hydrogen) atoms.